The second-order valence-corrected chi connectivity index (χ2v) is 5.88. The molecule has 0 bridgehead atoms. The van der Waals surface area contributed by atoms with Crippen LogP contribution in [0.15, 0.2) is 30.6 Å². The molecule has 2 N–H and O–H groups in total. The van der Waals surface area contributed by atoms with Crippen LogP contribution in [0.3, 0.4) is 0 Å². The maximum absolute atomic E-state index is 4.16. The number of nitrogens with one attached hydrogen (secondary N) is 2. The summed E-state index contributed by atoms with van der Waals surface area (Å²) in [5.41, 5.74) is 3.18. The Balaban J connectivity index is 1.80. The zero-order valence-corrected chi connectivity index (χ0v) is 11.5. The first kappa shape index (κ1) is 12.4. The van der Waals surface area contributed by atoms with E-state index < -0.39 is 0 Å². The molecule has 1 atom stereocenters. The van der Waals surface area contributed by atoms with Crippen LogP contribution in [0, 0.1) is 0 Å². The van der Waals surface area contributed by atoms with Crippen molar-refractivity contribution in [2.75, 3.05) is 0 Å². The van der Waals surface area contributed by atoms with Gasteiger partial charge in [-0.3, -0.25) is 5.10 Å². The highest BCUT2D eigenvalue weighted by Crippen LogP contribution is 2.41. The zero-order chi connectivity index (χ0) is 13.3. The lowest BCUT2D eigenvalue weighted by Crippen LogP contribution is -2.32. The minimum absolute atomic E-state index is 0.279. The molecule has 100 valence electrons. The summed E-state index contributed by atoms with van der Waals surface area (Å²) in [5.74, 6) is 0.891. The number of rotatable bonds is 3. The number of aromatic nitrogens is 3. The van der Waals surface area contributed by atoms with Crippen LogP contribution in [0.4, 0.5) is 0 Å². The molecule has 1 aromatic heterocycles. The van der Waals surface area contributed by atoms with Crippen molar-refractivity contribution in [3.63, 3.8) is 0 Å². The molecule has 0 spiro atoms. The van der Waals surface area contributed by atoms with Crippen LogP contribution in [-0.4, -0.2) is 15.2 Å². The van der Waals surface area contributed by atoms with Crippen molar-refractivity contribution in [2.45, 2.75) is 44.7 Å². The Kier molecular flexibility index (Phi) is 3.11. The molecule has 0 fully saturated rings. The monoisotopic (exact) mass is 256 g/mol. The summed E-state index contributed by atoms with van der Waals surface area (Å²) in [5, 5.41) is 10.4. The molecular weight excluding hydrogens is 236 g/mol. The van der Waals surface area contributed by atoms with E-state index in [4.69, 9.17) is 0 Å². The molecule has 1 aromatic carbocycles. The maximum atomic E-state index is 4.16. The molecule has 0 saturated heterocycles. The van der Waals surface area contributed by atoms with Gasteiger partial charge < -0.3 is 5.32 Å². The third-order valence-corrected chi connectivity index (χ3v) is 4.10. The number of benzene rings is 1. The summed E-state index contributed by atoms with van der Waals surface area (Å²) < 4.78 is 0. The highest BCUT2D eigenvalue weighted by molar-refractivity contribution is 5.38. The van der Waals surface area contributed by atoms with Crippen LogP contribution in [-0.2, 0) is 12.0 Å². The van der Waals surface area contributed by atoms with Crippen LogP contribution in [0.2, 0.25) is 0 Å². The lowest BCUT2D eigenvalue weighted by atomic mass is 9.71. The van der Waals surface area contributed by atoms with E-state index >= 15 is 0 Å². The van der Waals surface area contributed by atoms with Crippen LogP contribution in [0.1, 0.15) is 49.7 Å². The predicted octanol–water partition coefficient (Wildman–Crippen LogP) is 2.71. The highest BCUT2D eigenvalue weighted by atomic mass is 15.2. The minimum Gasteiger partial charge on any atom is -0.303 e. The summed E-state index contributed by atoms with van der Waals surface area (Å²) in [6.45, 7) is 5.40. The SMILES string of the molecule is CC1(C)CCC(NCc2ncn[nH]2)c2ccccc21. The predicted molar refractivity (Wildman–Crippen MR) is 74.7 cm³/mol. The van der Waals surface area contributed by atoms with Gasteiger partial charge in [-0.25, -0.2) is 4.98 Å². The average Bonchev–Trinajstić information content (AvgIpc) is 2.91. The fourth-order valence-electron chi connectivity index (χ4n) is 2.96. The Bertz CT molecular complexity index is 545. The van der Waals surface area contributed by atoms with E-state index in [-0.39, 0.29) is 5.41 Å². The second-order valence-electron chi connectivity index (χ2n) is 5.88. The molecule has 0 radical (unpaired) electrons. The van der Waals surface area contributed by atoms with Gasteiger partial charge in [0.1, 0.15) is 12.2 Å². The van der Waals surface area contributed by atoms with Crippen LogP contribution < -0.4 is 5.32 Å². The summed E-state index contributed by atoms with van der Waals surface area (Å²) in [6, 6.07) is 9.18. The average molecular weight is 256 g/mol. The lowest BCUT2D eigenvalue weighted by molar-refractivity contribution is 0.355. The maximum Gasteiger partial charge on any atom is 0.138 e. The van der Waals surface area contributed by atoms with E-state index in [1.165, 1.54) is 17.5 Å². The van der Waals surface area contributed by atoms with Gasteiger partial charge in [-0.05, 0) is 29.4 Å². The standard InChI is InChI=1S/C15H20N4/c1-15(2)8-7-13(11-5-3-4-6-12(11)15)16-9-14-17-10-18-19-14/h3-6,10,13,16H,7-9H2,1-2H3,(H,17,18,19). The molecule has 4 nitrogen and oxygen atoms in total. The van der Waals surface area contributed by atoms with Gasteiger partial charge in [0.2, 0.25) is 0 Å². The second kappa shape index (κ2) is 4.78. The molecule has 1 aliphatic rings. The Morgan fingerprint density at radius 3 is 3.00 bits per heavy atom. The van der Waals surface area contributed by atoms with E-state index in [0.29, 0.717) is 6.04 Å². The van der Waals surface area contributed by atoms with Gasteiger partial charge >= 0.3 is 0 Å². The third kappa shape index (κ3) is 2.40. The van der Waals surface area contributed by atoms with E-state index in [9.17, 15) is 0 Å². The summed E-state index contributed by atoms with van der Waals surface area (Å²) in [7, 11) is 0. The zero-order valence-electron chi connectivity index (χ0n) is 11.5. The molecule has 0 aliphatic heterocycles. The number of fused-ring (bicyclic) bond motifs is 1. The van der Waals surface area contributed by atoms with Gasteiger partial charge in [0.15, 0.2) is 0 Å². The Morgan fingerprint density at radius 1 is 1.37 bits per heavy atom. The van der Waals surface area contributed by atoms with E-state index in [2.05, 4.69) is 58.6 Å². The van der Waals surface area contributed by atoms with Gasteiger partial charge in [0.05, 0.1) is 6.54 Å². The van der Waals surface area contributed by atoms with Gasteiger partial charge in [0, 0.05) is 6.04 Å². The molecular formula is C15H20N4. The summed E-state index contributed by atoms with van der Waals surface area (Å²) >= 11 is 0. The topological polar surface area (TPSA) is 53.6 Å². The van der Waals surface area contributed by atoms with E-state index in [0.717, 1.165) is 18.8 Å². The summed E-state index contributed by atoms with van der Waals surface area (Å²) in [6.07, 6.45) is 3.92. The molecule has 2 aromatic rings. The van der Waals surface area contributed by atoms with Crippen molar-refractivity contribution in [1.29, 1.82) is 0 Å². The van der Waals surface area contributed by atoms with E-state index in [1.807, 2.05) is 0 Å². The third-order valence-electron chi connectivity index (χ3n) is 4.10. The number of hydrogen-bond donors (Lipinski definition) is 2. The Hall–Kier alpha value is -1.68. The normalized spacial score (nSPS) is 21.1. The highest BCUT2D eigenvalue weighted by Gasteiger charge is 2.31. The van der Waals surface area contributed by atoms with Crippen molar-refractivity contribution < 1.29 is 0 Å². The van der Waals surface area contributed by atoms with Gasteiger partial charge in [-0.2, -0.15) is 5.10 Å². The first-order valence-corrected chi connectivity index (χ1v) is 6.84. The quantitative estimate of drug-likeness (QED) is 0.887. The van der Waals surface area contributed by atoms with Crippen molar-refractivity contribution in [1.82, 2.24) is 20.5 Å². The molecule has 1 aliphatic carbocycles. The van der Waals surface area contributed by atoms with Crippen molar-refractivity contribution in [3.8, 4) is 0 Å². The van der Waals surface area contributed by atoms with Crippen molar-refractivity contribution in [2.24, 2.45) is 0 Å². The minimum atomic E-state index is 0.279. The van der Waals surface area contributed by atoms with Gasteiger partial charge in [-0.15, -0.1) is 0 Å². The van der Waals surface area contributed by atoms with Crippen LogP contribution >= 0.6 is 0 Å². The number of aromatic amines is 1. The van der Waals surface area contributed by atoms with Crippen molar-refractivity contribution in [3.05, 3.63) is 47.5 Å². The fraction of sp³-hybridized carbons (Fsp3) is 0.467. The smallest absolute Gasteiger partial charge is 0.138 e. The fourth-order valence-corrected chi connectivity index (χ4v) is 2.96. The van der Waals surface area contributed by atoms with Crippen LogP contribution in [0.5, 0.6) is 0 Å². The number of hydrogen-bond acceptors (Lipinski definition) is 3. The van der Waals surface area contributed by atoms with Crippen LogP contribution in [0.25, 0.3) is 0 Å². The lowest BCUT2D eigenvalue weighted by Gasteiger charge is -2.37. The number of nitrogens with zero attached hydrogens (tertiary/aromatic N) is 2. The summed E-state index contributed by atoms with van der Waals surface area (Å²) in [4.78, 5) is 4.16. The number of H-pyrrole nitrogens is 1. The molecule has 1 unspecified atom stereocenters. The molecule has 0 amide bonds. The molecule has 1 heterocycles. The largest absolute Gasteiger partial charge is 0.303 e. The molecule has 4 heteroatoms. The Labute approximate surface area is 113 Å². The van der Waals surface area contributed by atoms with Gasteiger partial charge in [-0.1, -0.05) is 38.1 Å². The molecule has 19 heavy (non-hydrogen) atoms. The first-order chi connectivity index (χ1) is 9.17. The molecule has 0 saturated carbocycles. The van der Waals surface area contributed by atoms with Gasteiger partial charge in [0.25, 0.3) is 0 Å². The van der Waals surface area contributed by atoms with E-state index in [1.54, 1.807) is 6.33 Å². The first-order valence-electron chi connectivity index (χ1n) is 6.84. The van der Waals surface area contributed by atoms with Crippen molar-refractivity contribution >= 4 is 0 Å². The Morgan fingerprint density at radius 2 is 2.21 bits per heavy atom. The molecule has 3 rings (SSSR count).